The highest BCUT2D eigenvalue weighted by atomic mass is 19.1. The summed E-state index contributed by atoms with van der Waals surface area (Å²) in [4.78, 5) is 14.8. The molecule has 1 aromatic rings. The zero-order valence-electron chi connectivity index (χ0n) is 13.5. The molecule has 2 saturated heterocycles. The Morgan fingerprint density at radius 2 is 2.21 bits per heavy atom. The van der Waals surface area contributed by atoms with E-state index in [1.165, 1.54) is 11.0 Å². The molecule has 2 aliphatic rings. The van der Waals surface area contributed by atoms with Gasteiger partial charge in [-0.1, -0.05) is 6.07 Å². The zero-order valence-corrected chi connectivity index (χ0v) is 13.5. The fraction of sp³-hybridized carbons (Fsp3) is 0.529. The molecule has 0 aromatic heterocycles. The van der Waals surface area contributed by atoms with Crippen LogP contribution >= 0.6 is 0 Å². The van der Waals surface area contributed by atoms with Crippen molar-refractivity contribution in [3.63, 3.8) is 0 Å². The molecule has 0 spiro atoms. The van der Waals surface area contributed by atoms with Gasteiger partial charge in [-0.25, -0.2) is 9.18 Å². The van der Waals surface area contributed by atoms with E-state index < -0.39 is 11.9 Å². The van der Waals surface area contributed by atoms with Gasteiger partial charge in [0, 0.05) is 38.8 Å². The van der Waals surface area contributed by atoms with Crippen molar-refractivity contribution in [1.29, 1.82) is 5.26 Å². The molecule has 0 radical (unpaired) electrons. The molecule has 2 heterocycles. The normalized spacial score (nSPS) is 24.8. The van der Waals surface area contributed by atoms with Crippen LogP contribution in [-0.4, -0.2) is 59.8 Å². The number of nitrogens with zero attached hydrogens (tertiary/aromatic N) is 3. The third-order valence-corrected chi connectivity index (χ3v) is 4.96. The van der Waals surface area contributed by atoms with E-state index in [2.05, 4.69) is 4.90 Å². The molecule has 2 atom stereocenters. The smallest absolute Gasteiger partial charge is 0.407 e. The first kappa shape index (κ1) is 16.7. The van der Waals surface area contributed by atoms with E-state index in [1.54, 1.807) is 13.0 Å². The summed E-state index contributed by atoms with van der Waals surface area (Å²) >= 11 is 0. The van der Waals surface area contributed by atoms with Crippen molar-refractivity contribution in [2.75, 3.05) is 32.8 Å². The summed E-state index contributed by atoms with van der Waals surface area (Å²) in [6.45, 7) is 4.49. The zero-order chi connectivity index (χ0) is 17.3. The van der Waals surface area contributed by atoms with Crippen LogP contribution in [0, 0.1) is 24.1 Å². The summed E-state index contributed by atoms with van der Waals surface area (Å²) in [5.41, 5.74) is 1.51. The quantitative estimate of drug-likeness (QED) is 0.852. The standard InChI is InChI=1S/C17H20FN3O3/c1-11-13(2-3-15(18)14(11)8-19)16-10-20-5-6-21(17(22)23)9-12(20)4-7-24-16/h2-3,12,16H,4-7,9-10H2,1H3,(H,22,23)/t12-,16+/m0/s1. The van der Waals surface area contributed by atoms with Crippen LogP contribution in [0.3, 0.4) is 0 Å². The number of hydrogen-bond acceptors (Lipinski definition) is 4. The number of rotatable bonds is 1. The molecule has 0 bridgehead atoms. The van der Waals surface area contributed by atoms with Crippen molar-refractivity contribution < 1.29 is 19.0 Å². The summed E-state index contributed by atoms with van der Waals surface area (Å²) < 4.78 is 19.7. The number of halogens is 1. The Balaban J connectivity index is 1.81. The Bertz CT molecular complexity index is 688. The number of ether oxygens (including phenoxy) is 1. The second kappa shape index (κ2) is 6.75. The first-order chi connectivity index (χ1) is 11.5. The highest BCUT2D eigenvalue weighted by Crippen LogP contribution is 2.30. The molecule has 128 valence electrons. The maximum absolute atomic E-state index is 13.7. The van der Waals surface area contributed by atoms with Crippen LogP contribution in [0.1, 0.15) is 29.2 Å². The van der Waals surface area contributed by atoms with Gasteiger partial charge in [-0.15, -0.1) is 0 Å². The molecule has 0 saturated carbocycles. The Morgan fingerprint density at radius 3 is 2.92 bits per heavy atom. The number of hydrogen-bond donors (Lipinski definition) is 1. The second-order valence-electron chi connectivity index (χ2n) is 6.27. The molecule has 1 amide bonds. The van der Waals surface area contributed by atoms with Crippen molar-refractivity contribution in [3.8, 4) is 6.07 Å². The summed E-state index contributed by atoms with van der Waals surface area (Å²) in [6, 6.07) is 5.05. The molecule has 7 heteroatoms. The maximum Gasteiger partial charge on any atom is 0.407 e. The second-order valence-corrected chi connectivity index (χ2v) is 6.27. The van der Waals surface area contributed by atoms with Crippen LogP contribution in [-0.2, 0) is 4.74 Å². The minimum Gasteiger partial charge on any atom is -0.465 e. The van der Waals surface area contributed by atoms with Gasteiger partial charge in [0.25, 0.3) is 0 Å². The lowest BCUT2D eigenvalue weighted by Gasteiger charge is -2.39. The molecule has 0 aliphatic carbocycles. The Morgan fingerprint density at radius 1 is 1.42 bits per heavy atom. The molecule has 2 aliphatic heterocycles. The van der Waals surface area contributed by atoms with Gasteiger partial charge < -0.3 is 14.7 Å². The molecule has 24 heavy (non-hydrogen) atoms. The largest absolute Gasteiger partial charge is 0.465 e. The summed E-state index contributed by atoms with van der Waals surface area (Å²) in [5, 5.41) is 18.3. The van der Waals surface area contributed by atoms with Gasteiger partial charge in [0.05, 0.1) is 11.7 Å². The van der Waals surface area contributed by atoms with E-state index in [0.717, 1.165) is 12.0 Å². The van der Waals surface area contributed by atoms with Crippen molar-refractivity contribution in [3.05, 3.63) is 34.6 Å². The summed E-state index contributed by atoms with van der Waals surface area (Å²) in [6.07, 6.45) is -0.366. The molecule has 3 rings (SSSR count). The van der Waals surface area contributed by atoms with Crippen molar-refractivity contribution in [2.24, 2.45) is 0 Å². The molecule has 1 aromatic carbocycles. The predicted molar refractivity (Wildman–Crippen MR) is 84.1 cm³/mol. The number of fused-ring (bicyclic) bond motifs is 1. The topological polar surface area (TPSA) is 76.8 Å². The van der Waals surface area contributed by atoms with Gasteiger partial charge in [0.1, 0.15) is 11.9 Å². The van der Waals surface area contributed by atoms with E-state index in [-0.39, 0.29) is 17.7 Å². The van der Waals surface area contributed by atoms with Crippen molar-refractivity contribution in [2.45, 2.75) is 25.5 Å². The number of benzene rings is 1. The average molecular weight is 333 g/mol. The molecular formula is C17H20FN3O3. The predicted octanol–water partition coefficient (Wildman–Crippen LogP) is 2.13. The van der Waals surface area contributed by atoms with Crippen LogP contribution in [0.4, 0.5) is 9.18 Å². The van der Waals surface area contributed by atoms with Gasteiger partial charge in [-0.2, -0.15) is 5.26 Å². The lowest BCUT2D eigenvalue weighted by molar-refractivity contribution is 0.0411. The van der Waals surface area contributed by atoms with Crippen LogP contribution in [0.25, 0.3) is 0 Å². The average Bonchev–Trinajstić information content (AvgIpc) is 2.76. The van der Waals surface area contributed by atoms with Crippen LogP contribution in [0.2, 0.25) is 0 Å². The molecule has 1 N–H and O–H groups in total. The minimum absolute atomic E-state index is 0.0626. The van der Waals surface area contributed by atoms with E-state index in [4.69, 9.17) is 15.1 Å². The number of carbonyl (C=O) groups is 1. The molecule has 0 unspecified atom stereocenters. The first-order valence-corrected chi connectivity index (χ1v) is 8.04. The number of amides is 1. The lowest BCUT2D eigenvalue weighted by Crippen LogP contribution is -2.54. The fourth-order valence-electron chi connectivity index (χ4n) is 3.56. The van der Waals surface area contributed by atoms with Crippen molar-refractivity contribution >= 4 is 6.09 Å². The van der Waals surface area contributed by atoms with E-state index in [0.29, 0.717) is 38.3 Å². The number of carboxylic acid groups (broad SMARTS) is 1. The molecule has 6 nitrogen and oxygen atoms in total. The summed E-state index contributed by atoms with van der Waals surface area (Å²) in [5.74, 6) is -0.514. The van der Waals surface area contributed by atoms with Gasteiger partial charge in [0.15, 0.2) is 0 Å². The van der Waals surface area contributed by atoms with Crippen molar-refractivity contribution in [1.82, 2.24) is 9.80 Å². The monoisotopic (exact) mass is 333 g/mol. The number of piperazine rings is 1. The van der Waals surface area contributed by atoms with Crippen LogP contribution in [0.15, 0.2) is 12.1 Å². The Kier molecular flexibility index (Phi) is 4.69. The highest BCUT2D eigenvalue weighted by Gasteiger charge is 2.34. The molecular weight excluding hydrogens is 313 g/mol. The van der Waals surface area contributed by atoms with Crippen LogP contribution in [0.5, 0.6) is 0 Å². The van der Waals surface area contributed by atoms with Gasteiger partial charge in [-0.3, -0.25) is 4.90 Å². The lowest BCUT2D eigenvalue weighted by atomic mass is 9.97. The number of nitriles is 1. The third-order valence-electron chi connectivity index (χ3n) is 4.96. The first-order valence-electron chi connectivity index (χ1n) is 8.04. The minimum atomic E-state index is -0.885. The van der Waals surface area contributed by atoms with E-state index in [1.807, 2.05) is 6.07 Å². The van der Waals surface area contributed by atoms with Crippen LogP contribution < -0.4 is 0 Å². The third kappa shape index (κ3) is 3.07. The van der Waals surface area contributed by atoms with Gasteiger partial charge in [-0.05, 0) is 30.5 Å². The molecule has 2 fully saturated rings. The summed E-state index contributed by atoms with van der Waals surface area (Å²) in [7, 11) is 0. The van der Waals surface area contributed by atoms with E-state index >= 15 is 0 Å². The highest BCUT2D eigenvalue weighted by molar-refractivity contribution is 5.65. The van der Waals surface area contributed by atoms with Gasteiger partial charge >= 0.3 is 6.09 Å². The van der Waals surface area contributed by atoms with Gasteiger partial charge in [0.2, 0.25) is 0 Å². The Hall–Kier alpha value is -2.17. The fourth-order valence-corrected chi connectivity index (χ4v) is 3.56. The SMILES string of the molecule is Cc1c([C@H]2CN3CCN(C(=O)O)C[C@@H]3CCO2)ccc(F)c1C#N. The van der Waals surface area contributed by atoms with E-state index in [9.17, 15) is 9.18 Å². The maximum atomic E-state index is 13.7. The Labute approximate surface area is 140 Å².